The van der Waals surface area contributed by atoms with E-state index in [1.54, 1.807) is 11.6 Å². The average molecular weight is 369 g/mol. The third-order valence-electron chi connectivity index (χ3n) is 2.96. The van der Waals surface area contributed by atoms with Gasteiger partial charge in [-0.1, -0.05) is 6.92 Å². The molecule has 0 saturated carbocycles. The first-order valence-corrected chi connectivity index (χ1v) is 7.72. The molecule has 2 aromatic heterocycles. The number of rotatable bonds is 5. The van der Waals surface area contributed by atoms with Crippen LogP contribution in [0.4, 0.5) is 0 Å². The van der Waals surface area contributed by atoms with Crippen LogP contribution in [-0.4, -0.2) is 15.9 Å². The van der Waals surface area contributed by atoms with Gasteiger partial charge in [-0.05, 0) is 13.3 Å². The summed E-state index contributed by atoms with van der Waals surface area (Å²) in [6.07, 6.45) is 2.51. The predicted molar refractivity (Wildman–Crippen MR) is 91.7 cm³/mol. The van der Waals surface area contributed by atoms with E-state index < -0.39 is 5.54 Å². The second kappa shape index (κ2) is 8.65. The number of hydrogen-bond donors (Lipinski definition) is 2. The summed E-state index contributed by atoms with van der Waals surface area (Å²) in [5, 5.41) is 8.31. The Kier molecular flexibility index (Phi) is 8.35. The second-order valence-corrected chi connectivity index (χ2v) is 6.14. The fourth-order valence-corrected chi connectivity index (χ4v) is 3.10. The van der Waals surface area contributed by atoms with E-state index in [-0.39, 0.29) is 30.7 Å². The lowest BCUT2D eigenvalue weighted by molar-refractivity contribution is 0.0897. The lowest BCUT2D eigenvalue weighted by Crippen LogP contribution is -2.43. The van der Waals surface area contributed by atoms with Crippen LogP contribution in [0.25, 0.3) is 0 Å². The van der Waals surface area contributed by atoms with E-state index in [1.165, 1.54) is 22.7 Å². The summed E-state index contributed by atoms with van der Waals surface area (Å²) in [5.41, 5.74) is 5.46. The summed E-state index contributed by atoms with van der Waals surface area (Å²) in [5.74, 6) is -0.185. The number of aromatic nitrogens is 2. The Bertz CT molecular complexity index is 561. The summed E-state index contributed by atoms with van der Waals surface area (Å²) >= 11 is 2.94. The van der Waals surface area contributed by atoms with Crippen LogP contribution >= 0.6 is 47.5 Å². The van der Waals surface area contributed by atoms with E-state index in [0.29, 0.717) is 12.2 Å². The lowest BCUT2D eigenvalue weighted by Gasteiger charge is -2.26. The second-order valence-electron chi connectivity index (χ2n) is 4.31. The van der Waals surface area contributed by atoms with Crippen LogP contribution in [0.3, 0.4) is 0 Å². The third kappa shape index (κ3) is 4.62. The lowest BCUT2D eigenvalue weighted by atomic mass is 9.99. The number of hydrogen-bond acceptors (Lipinski definition) is 6. The third-order valence-corrected chi connectivity index (χ3v) is 4.87. The number of carbonyl (C=O) groups is 1. The van der Waals surface area contributed by atoms with Crippen LogP contribution in [-0.2, 0) is 12.1 Å². The molecule has 21 heavy (non-hydrogen) atoms. The van der Waals surface area contributed by atoms with E-state index in [1.807, 2.05) is 19.2 Å². The van der Waals surface area contributed by atoms with Gasteiger partial charge in [0.2, 0.25) is 0 Å². The highest BCUT2D eigenvalue weighted by Gasteiger charge is 2.30. The molecule has 0 aliphatic carbocycles. The first-order chi connectivity index (χ1) is 9.09. The van der Waals surface area contributed by atoms with Crippen LogP contribution < -0.4 is 11.1 Å². The topological polar surface area (TPSA) is 80.9 Å². The molecule has 3 N–H and O–H groups in total. The number of amides is 1. The molecule has 0 radical (unpaired) electrons. The van der Waals surface area contributed by atoms with Gasteiger partial charge in [0.05, 0.1) is 5.54 Å². The zero-order valence-corrected chi connectivity index (χ0v) is 14.9. The molecular formula is C12H18Cl2N4OS2. The molecule has 0 bridgehead atoms. The Morgan fingerprint density at radius 3 is 2.62 bits per heavy atom. The Labute approximate surface area is 144 Å². The van der Waals surface area contributed by atoms with Crippen molar-refractivity contribution < 1.29 is 4.79 Å². The highest BCUT2D eigenvalue weighted by molar-refractivity contribution is 7.10. The number of nitrogens with one attached hydrogen (secondary N) is 1. The standard InChI is InChI=1S/C12H16N4OS2.2ClH/c1-3-12(2,11-14-4-5-18-11)16-10(17)8-7-19-9(6-13)15-8;;/h4-5,7H,3,6,13H2,1-2H3,(H,16,17);2*1H. The molecule has 1 atom stereocenters. The molecule has 118 valence electrons. The monoisotopic (exact) mass is 368 g/mol. The highest BCUT2D eigenvalue weighted by Crippen LogP contribution is 2.26. The van der Waals surface area contributed by atoms with Gasteiger partial charge in [0, 0.05) is 23.5 Å². The molecule has 0 fully saturated rings. The van der Waals surface area contributed by atoms with Crippen molar-refractivity contribution in [3.8, 4) is 0 Å². The minimum atomic E-state index is -0.461. The summed E-state index contributed by atoms with van der Waals surface area (Å²) in [6, 6.07) is 0. The predicted octanol–water partition coefficient (Wildman–Crippen LogP) is 2.96. The van der Waals surface area contributed by atoms with Crippen molar-refractivity contribution in [2.24, 2.45) is 5.73 Å². The van der Waals surface area contributed by atoms with Crippen molar-refractivity contribution in [2.75, 3.05) is 0 Å². The zero-order valence-electron chi connectivity index (χ0n) is 11.7. The van der Waals surface area contributed by atoms with Gasteiger partial charge in [0.1, 0.15) is 15.7 Å². The van der Waals surface area contributed by atoms with E-state index in [0.717, 1.165) is 16.4 Å². The molecule has 2 aromatic rings. The Hall–Kier alpha value is -0.730. The number of thiazole rings is 2. The van der Waals surface area contributed by atoms with E-state index >= 15 is 0 Å². The molecule has 0 aliphatic rings. The summed E-state index contributed by atoms with van der Waals surface area (Å²) in [6.45, 7) is 4.35. The van der Waals surface area contributed by atoms with Crippen molar-refractivity contribution in [3.05, 3.63) is 32.7 Å². The number of nitrogens with two attached hydrogens (primary N) is 1. The van der Waals surface area contributed by atoms with Gasteiger partial charge in [-0.2, -0.15) is 0 Å². The zero-order chi connectivity index (χ0) is 13.9. The van der Waals surface area contributed by atoms with Gasteiger partial charge < -0.3 is 11.1 Å². The van der Waals surface area contributed by atoms with Gasteiger partial charge >= 0.3 is 0 Å². The molecular weight excluding hydrogens is 351 g/mol. The van der Waals surface area contributed by atoms with Crippen LogP contribution in [0.2, 0.25) is 0 Å². The molecule has 1 unspecified atom stereocenters. The molecule has 5 nitrogen and oxygen atoms in total. The first-order valence-electron chi connectivity index (χ1n) is 5.96. The van der Waals surface area contributed by atoms with Crippen molar-refractivity contribution in [2.45, 2.75) is 32.4 Å². The van der Waals surface area contributed by atoms with Crippen LogP contribution in [0, 0.1) is 0 Å². The van der Waals surface area contributed by atoms with Gasteiger partial charge in [-0.15, -0.1) is 47.5 Å². The van der Waals surface area contributed by atoms with Crippen molar-refractivity contribution in [1.29, 1.82) is 0 Å². The normalized spacial score (nSPS) is 12.7. The largest absolute Gasteiger partial charge is 0.339 e. The first kappa shape index (κ1) is 20.3. The van der Waals surface area contributed by atoms with Gasteiger partial charge in [-0.3, -0.25) is 4.79 Å². The Morgan fingerprint density at radius 1 is 1.43 bits per heavy atom. The smallest absolute Gasteiger partial charge is 0.271 e. The maximum atomic E-state index is 12.2. The fraction of sp³-hybridized carbons (Fsp3) is 0.417. The molecule has 9 heteroatoms. The highest BCUT2D eigenvalue weighted by atomic mass is 35.5. The molecule has 2 heterocycles. The number of nitrogens with zero attached hydrogens (tertiary/aromatic N) is 2. The Morgan fingerprint density at radius 2 is 2.14 bits per heavy atom. The minimum absolute atomic E-state index is 0. The summed E-state index contributed by atoms with van der Waals surface area (Å²) in [4.78, 5) is 20.7. The number of carbonyl (C=O) groups excluding carboxylic acids is 1. The maximum Gasteiger partial charge on any atom is 0.271 e. The summed E-state index contributed by atoms with van der Waals surface area (Å²) in [7, 11) is 0. The van der Waals surface area contributed by atoms with Gasteiger partial charge in [0.25, 0.3) is 5.91 Å². The fourth-order valence-electron chi connectivity index (χ4n) is 1.61. The molecule has 0 spiro atoms. The van der Waals surface area contributed by atoms with E-state index in [2.05, 4.69) is 15.3 Å². The molecule has 0 saturated heterocycles. The molecule has 0 aromatic carbocycles. The van der Waals surface area contributed by atoms with Gasteiger partial charge in [0.15, 0.2) is 0 Å². The Balaban J connectivity index is 0.00000200. The van der Waals surface area contributed by atoms with Crippen molar-refractivity contribution >= 4 is 53.4 Å². The van der Waals surface area contributed by atoms with Crippen LogP contribution in [0.15, 0.2) is 17.0 Å². The minimum Gasteiger partial charge on any atom is -0.339 e. The average Bonchev–Trinajstić information content (AvgIpc) is 3.09. The molecule has 2 rings (SSSR count). The SMILES string of the molecule is CCC(C)(NC(=O)c1csc(CN)n1)c1nccs1.Cl.Cl. The quantitative estimate of drug-likeness (QED) is 0.849. The maximum absolute atomic E-state index is 12.2. The van der Waals surface area contributed by atoms with Crippen LogP contribution in [0.1, 0.15) is 40.8 Å². The molecule has 0 aliphatic heterocycles. The van der Waals surface area contributed by atoms with E-state index in [9.17, 15) is 4.79 Å². The van der Waals surface area contributed by atoms with Crippen molar-refractivity contribution in [3.63, 3.8) is 0 Å². The molecule has 1 amide bonds. The van der Waals surface area contributed by atoms with E-state index in [4.69, 9.17) is 5.73 Å². The van der Waals surface area contributed by atoms with Gasteiger partial charge in [-0.25, -0.2) is 9.97 Å². The van der Waals surface area contributed by atoms with Crippen LogP contribution in [0.5, 0.6) is 0 Å². The van der Waals surface area contributed by atoms with Crippen molar-refractivity contribution in [1.82, 2.24) is 15.3 Å². The summed E-state index contributed by atoms with van der Waals surface area (Å²) < 4.78 is 0. The number of halogens is 2.